The van der Waals surface area contributed by atoms with Gasteiger partial charge in [0.15, 0.2) is 0 Å². The van der Waals surface area contributed by atoms with Crippen LogP contribution in [-0.4, -0.2) is 43.1 Å². The summed E-state index contributed by atoms with van der Waals surface area (Å²) in [5.74, 6) is 0.708. The summed E-state index contributed by atoms with van der Waals surface area (Å²) in [6, 6.07) is 0.312. The van der Waals surface area contributed by atoms with Crippen molar-refractivity contribution < 1.29 is 4.74 Å². The maximum absolute atomic E-state index is 5.20. The van der Waals surface area contributed by atoms with Crippen molar-refractivity contribution in [3.05, 3.63) is 0 Å². The fourth-order valence-electron chi connectivity index (χ4n) is 1.31. The van der Waals surface area contributed by atoms with E-state index in [1.165, 1.54) is 0 Å². The normalized spacial score (nSPS) is 25.4. The fourth-order valence-corrected chi connectivity index (χ4v) is 1.95. The number of nitrogens with zero attached hydrogens (tertiary/aromatic N) is 2. The minimum atomic E-state index is -0.631. The van der Waals surface area contributed by atoms with Gasteiger partial charge in [-0.1, -0.05) is 11.8 Å². The van der Waals surface area contributed by atoms with Gasteiger partial charge in [-0.3, -0.25) is 0 Å². The van der Waals surface area contributed by atoms with E-state index in [0.29, 0.717) is 12.0 Å². The second kappa shape index (κ2) is 6.23. The highest BCUT2D eigenvalue weighted by Gasteiger charge is 2.32. The number of thioether (sulfide) groups is 1. The average molecular weight is 259 g/mol. The number of hydrogen-bond donors (Lipinski definition) is 3. The third-order valence-corrected chi connectivity index (χ3v) is 3.10. The highest BCUT2D eigenvalue weighted by molar-refractivity contribution is 7.99. The van der Waals surface area contributed by atoms with Gasteiger partial charge in [-0.25, -0.2) is 15.3 Å². The first kappa shape index (κ1) is 14.3. The first-order valence-electron chi connectivity index (χ1n) is 5.53. The molecule has 0 amide bonds. The molecule has 1 aliphatic heterocycles. The lowest BCUT2D eigenvalue weighted by Gasteiger charge is -2.35. The molecule has 0 aromatic rings. The van der Waals surface area contributed by atoms with Crippen molar-refractivity contribution in [1.82, 2.24) is 16.0 Å². The Morgan fingerprint density at radius 1 is 1.47 bits per heavy atom. The van der Waals surface area contributed by atoms with E-state index >= 15 is 0 Å². The smallest absolute Gasteiger partial charge is 0.240 e. The Kier molecular flexibility index (Phi) is 5.23. The molecule has 0 saturated carbocycles. The van der Waals surface area contributed by atoms with E-state index in [1.807, 2.05) is 13.2 Å². The van der Waals surface area contributed by atoms with Crippen LogP contribution in [0.2, 0.25) is 0 Å². The maximum Gasteiger partial charge on any atom is 0.240 e. The predicted octanol–water partition coefficient (Wildman–Crippen LogP) is 0.528. The van der Waals surface area contributed by atoms with E-state index in [2.05, 4.69) is 39.8 Å². The Morgan fingerprint density at radius 3 is 2.71 bits per heavy atom. The van der Waals surface area contributed by atoms with Crippen molar-refractivity contribution >= 4 is 24.1 Å². The van der Waals surface area contributed by atoms with Crippen molar-refractivity contribution in [2.24, 2.45) is 9.98 Å². The van der Waals surface area contributed by atoms with Crippen molar-refractivity contribution in [3.8, 4) is 0 Å². The van der Waals surface area contributed by atoms with Crippen LogP contribution in [0.25, 0.3) is 0 Å². The molecule has 0 bridgehead atoms. The van der Waals surface area contributed by atoms with Crippen molar-refractivity contribution in [1.29, 1.82) is 0 Å². The minimum Gasteiger partial charge on any atom is -0.367 e. The van der Waals surface area contributed by atoms with Crippen LogP contribution in [-0.2, 0) is 4.74 Å². The molecule has 0 saturated heterocycles. The molecule has 7 heteroatoms. The molecular weight excluding hydrogens is 238 g/mol. The van der Waals surface area contributed by atoms with Crippen LogP contribution in [0, 0.1) is 0 Å². The van der Waals surface area contributed by atoms with Crippen LogP contribution in [0.5, 0.6) is 0 Å². The quantitative estimate of drug-likeness (QED) is 0.628. The summed E-state index contributed by atoms with van der Waals surface area (Å²) >= 11 is 1.55. The van der Waals surface area contributed by atoms with Gasteiger partial charge in [-0.05, 0) is 27.0 Å². The third kappa shape index (κ3) is 4.18. The van der Waals surface area contributed by atoms with E-state index < -0.39 is 5.12 Å². The van der Waals surface area contributed by atoms with Crippen molar-refractivity contribution in [2.75, 3.05) is 13.4 Å². The Morgan fingerprint density at radius 2 is 2.18 bits per heavy atom. The van der Waals surface area contributed by atoms with Gasteiger partial charge in [0.2, 0.25) is 11.1 Å². The minimum absolute atomic E-state index is 0.106. The second-order valence-corrected chi connectivity index (χ2v) is 5.02. The van der Waals surface area contributed by atoms with Gasteiger partial charge in [0, 0.05) is 13.2 Å². The molecule has 3 N–H and O–H groups in total. The third-order valence-electron chi connectivity index (χ3n) is 2.19. The standard InChI is InChI=1S/C10H21N5OS/c1-7(2)13-9-11-6-12-10(15-9,17-5)14-8(3)16-4/h6-8,14H,1-5H3,(H2,11,12,13,15). The fraction of sp³-hybridized carbons (Fsp3) is 0.800. The highest BCUT2D eigenvalue weighted by atomic mass is 32.2. The summed E-state index contributed by atoms with van der Waals surface area (Å²) in [4.78, 5) is 8.49. The summed E-state index contributed by atoms with van der Waals surface area (Å²) < 4.78 is 5.20. The number of nitrogens with one attached hydrogen (secondary N) is 3. The molecule has 1 heterocycles. The average Bonchev–Trinajstić information content (AvgIpc) is 2.28. The van der Waals surface area contributed by atoms with Crippen LogP contribution in [0.15, 0.2) is 9.98 Å². The molecule has 0 aromatic carbocycles. The van der Waals surface area contributed by atoms with E-state index in [4.69, 9.17) is 4.74 Å². The summed E-state index contributed by atoms with van der Waals surface area (Å²) in [5, 5.41) is 9.06. The zero-order valence-corrected chi connectivity index (χ0v) is 11.8. The zero-order chi connectivity index (χ0) is 12.9. The molecule has 0 aliphatic carbocycles. The lowest BCUT2D eigenvalue weighted by atomic mass is 10.4. The maximum atomic E-state index is 5.20. The monoisotopic (exact) mass is 259 g/mol. The molecule has 0 fully saturated rings. The summed E-state index contributed by atoms with van der Waals surface area (Å²) in [7, 11) is 1.65. The number of methoxy groups -OCH3 is 1. The summed E-state index contributed by atoms with van der Waals surface area (Å²) in [5.41, 5.74) is 0. The van der Waals surface area contributed by atoms with Crippen LogP contribution in [0.3, 0.4) is 0 Å². The molecule has 1 aliphatic rings. The van der Waals surface area contributed by atoms with Gasteiger partial charge < -0.3 is 15.4 Å². The van der Waals surface area contributed by atoms with Crippen LogP contribution in [0.1, 0.15) is 20.8 Å². The van der Waals surface area contributed by atoms with Crippen molar-refractivity contribution in [2.45, 2.75) is 38.2 Å². The summed E-state index contributed by atoms with van der Waals surface area (Å²) in [6.45, 7) is 6.04. The Hall–Kier alpha value is -0.790. The largest absolute Gasteiger partial charge is 0.367 e. The van der Waals surface area contributed by atoms with Gasteiger partial charge in [-0.15, -0.1) is 0 Å². The van der Waals surface area contributed by atoms with Gasteiger partial charge in [0.05, 0.1) is 0 Å². The van der Waals surface area contributed by atoms with E-state index in [9.17, 15) is 0 Å². The van der Waals surface area contributed by atoms with Crippen LogP contribution in [0.4, 0.5) is 0 Å². The molecule has 0 radical (unpaired) electrons. The van der Waals surface area contributed by atoms with E-state index in [0.717, 1.165) is 0 Å². The number of aliphatic imine (C=N–C) groups is 2. The first-order chi connectivity index (χ1) is 8.01. The van der Waals surface area contributed by atoms with Crippen LogP contribution >= 0.6 is 11.8 Å². The molecule has 98 valence electrons. The van der Waals surface area contributed by atoms with E-state index in [-0.39, 0.29) is 6.23 Å². The highest BCUT2D eigenvalue weighted by Crippen LogP contribution is 2.20. The lowest BCUT2D eigenvalue weighted by Crippen LogP contribution is -2.62. The first-order valence-corrected chi connectivity index (χ1v) is 6.75. The van der Waals surface area contributed by atoms with Crippen LogP contribution < -0.4 is 16.0 Å². The molecule has 0 aromatic heterocycles. The number of rotatable bonds is 5. The summed E-state index contributed by atoms with van der Waals surface area (Å²) in [6.07, 6.45) is 3.41. The topological polar surface area (TPSA) is 70.0 Å². The van der Waals surface area contributed by atoms with Gasteiger partial charge in [0.25, 0.3) is 0 Å². The van der Waals surface area contributed by atoms with Gasteiger partial charge in [-0.2, -0.15) is 0 Å². The number of ether oxygens (including phenoxy) is 1. The Labute approximate surface area is 107 Å². The Balaban J connectivity index is 2.70. The number of guanidine groups is 1. The predicted molar refractivity (Wildman–Crippen MR) is 73.2 cm³/mol. The molecule has 17 heavy (non-hydrogen) atoms. The van der Waals surface area contributed by atoms with Crippen molar-refractivity contribution in [3.63, 3.8) is 0 Å². The molecule has 2 atom stereocenters. The molecular formula is C10H21N5OS. The zero-order valence-electron chi connectivity index (χ0n) is 10.9. The molecule has 1 rings (SSSR count). The second-order valence-electron chi connectivity index (χ2n) is 4.02. The Bertz CT molecular complexity index is 307. The lowest BCUT2D eigenvalue weighted by molar-refractivity contribution is 0.0717. The van der Waals surface area contributed by atoms with E-state index in [1.54, 1.807) is 25.2 Å². The molecule has 2 unspecified atom stereocenters. The molecule has 6 nitrogen and oxygen atoms in total. The molecule has 0 spiro atoms. The number of hydrogen-bond acceptors (Lipinski definition) is 7. The van der Waals surface area contributed by atoms with Gasteiger partial charge >= 0.3 is 0 Å². The SMILES string of the molecule is COC(C)NC1(SC)N=CN=C(NC(C)C)N1. The van der Waals surface area contributed by atoms with Gasteiger partial charge in [0.1, 0.15) is 12.6 Å².